The number of nitrogens with zero attached hydrogens (tertiary/aromatic N) is 4. The van der Waals surface area contributed by atoms with Crippen LogP contribution in [0, 0.1) is 0 Å². The standard InChI is InChI=1S/C51H30N4O2/c1-3-14-31(15-4-1)40-29-34(55-42-22-10-7-18-35(42)36-19-8-11-23-43(36)55)30-41-37-27-26-33(28-46(37)57-48(40)41)50-52-49(32-16-5-2-6-17-32)53-51(54-50)39-21-13-25-45-47(39)38-20-9-12-24-44(38)56-45/h1-30H/i7D,8D,18D,19D,22D,23D. The predicted molar refractivity (Wildman–Crippen MR) is 230 cm³/mol. The second-order valence-corrected chi connectivity index (χ2v) is 13.9. The van der Waals surface area contributed by atoms with Crippen LogP contribution in [-0.2, 0) is 0 Å². The molecule has 0 saturated carbocycles. The maximum absolute atomic E-state index is 9.08. The third-order valence-corrected chi connectivity index (χ3v) is 10.6. The molecule has 0 amide bonds. The number of hydrogen-bond donors (Lipinski definition) is 0. The molecule has 4 heterocycles. The maximum Gasteiger partial charge on any atom is 0.164 e. The van der Waals surface area contributed by atoms with Crippen molar-refractivity contribution in [3.8, 4) is 51.0 Å². The third kappa shape index (κ3) is 4.94. The molecule has 4 aromatic heterocycles. The van der Waals surface area contributed by atoms with Gasteiger partial charge in [-0.3, -0.25) is 0 Å². The van der Waals surface area contributed by atoms with Gasteiger partial charge in [0.15, 0.2) is 17.5 Å². The fourth-order valence-electron chi connectivity index (χ4n) is 8.04. The Morgan fingerprint density at radius 2 is 1.09 bits per heavy atom. The first kappa shape index (κ1) is 26.1. The maximum atomic E-state index is 9.08. The van der Waals surface area contributed by atoms with Crippen LogP contribution in [0.5, 0.6) is 0 Å². The first-order valence-corrected chi connectivity index (χ1v) is 18.5. The van der Waals surface area contributed by atoms with Gasteiger partial charge >= 0.3 is 0 Å². The van der Waals surface area contributed by atoms with Crippen molar-refractivity contribution in [3.63, 3.8) is 0 Å². The van der Waals surface area contributed by atoms with Crippen molar-refractivity contribution >= 4 is 65.7 Å². The van der Waals surface area contributed by atoms with E-state index in [0.717, 1.165) is 55.0 Å². The van der Waals surface area contributed by atoms with Crippen LogP contribution in [0.4, 0.5) is 0 Å². The second-order valence-electron chi connectivity index (χ2n) is 13.9. The Morgan fingerprint density at radius 3 is 1.86 bits per heavy atom. The summed E-state index contributed by atoms with van der Waals surface area (Å²) in [5, 5.41) is 3.82. The molecule has 0 fully saturated rings. The minimum absolute atomic E-state index is 0.0284. The number of para-hydroxylation sites is 3. The number of fused-ring (bicyclic) bond motifs is 9. The second kappa shape index (κ2) is 12.3. The number of furan rings is 2. The topological polar surface area (TPSA) is 69.9 Å². The summed E-state index contributed by atoms with van der Waals surface area (Å²) in [5.41, 5.74) is 7.79. The molecule has 0 aliphatic rings. The van der Waals surface area contributed by atoms with E-state index >= 15 is 0 Å². The van der Waals surface area contributed by atoms with E-state index in [1.54, 1.807) is 4.57 Å². The van der Waals surface area contributed by atoms with Crippen LogP contribution >= 0.6 is 0 Å². The van der Waals surface area contributed by atoms with Crippen molar-refractivity contribution in [1.29, 1.82) is 0 Å². The lowest BCUT2D eigenvalue weighted by Crippen LogP contribution is -2.00. The summed E-state index contributed by atoms with van der Waals surface area (Å²) in [5.74, 6) is 1.45. The van der Waals surface area contributed by atoms with E-state index in [-0.39, 0.29) is 58.1 Å². The molecule has 12 aromatic rings. The summed E-state index contributed by atoms with van der Waals surface area (Å²) in [6.07, 6.45) is 0. The first-order chi connectivity index (χ1) is 30.7. The Bertz CT molecular complexity index is 3810. The molecule has 0 spiro atoms. The van der Waals surface area contributed by atoms with Gasteiger partial charge in [0.1, 0.15) is 22.3 Å². The van der Waals surface area contributed by atoms with E-state index in [2.05, 4.69) is 0 Å². The SMILES string of the molecule is [2H]c1cc([2H])c2c(c1[2H])c1c([2H])c([2H])cc([2H])c1n2-c1cc(-c2ccccc2)c2oc3cc(-c4nc(-c5ccccc5)nc(-c5cccc6oc7ccccc7c56)n4)ccc3c2c1. The van der Waals surface area contributed by atoms with Crippen molar-refractivity contribution in [2.24, 2.45) is 0 Å². The van der Waals surface area contributed by atoms with Gasteiger partial charge in [0.05, 0.1) is 19.3 Å². The molecule has 0 atom stereocenters. The minimum atomic E-state index is -0.168. The summed E-state index contributed by atoms with van der Waals surface area (Å²) >= 11 is 0. The summed E-state index contributed by atoms with van der Waals surface area (Å²) in [6, 6.07) is 45.0. The Labute approximate surface area is 334 Å². The number of rotatable bonds is 5. The minimum Gasteiger partial charge on any atom is -0.456 e. The molecule has 8 aromatic carbocycles. The Balaban J connectivity index is 1.11. The molecular weight excluding hydrogens is 701 g/mol. The molecule has 0 aliphatic carbocycles. The van der Waals surface area contributed by atoms with Crippen LogP contribution in [0.1, 0.15) is 8.22 Å². The van der Waals surface area contributed by atoms with E-state index in [0.29, 0.717) is 39.9 Å². The van der Waals surface area contributed by atoms with Crippen LogP contribution < -0.4 is 0 Å². The van der Waals surface area contributed by atoms with E-state index in [1.165, 1.54) is 12.1 Å². The van der Waals surface area contributed by atoms with Crippen LogP contribution in [0.25, 0.3) is 117 Å². The van der Waals surface area contributed by atoms with Gasteiger partial charge in [-0.2, -0.15) is 0 Å². The smallest absolute Gasteiger partial charge is 0.164 e. The highest BCUT2D eigenvalue weighted by Gasteiger charge is 2.21. The Morgan fingerprint density at radius 1 is 0.421 bits per heavy atom. The zero-order valence-corrected chi connectivity index (χ0v) is 30.0. The van der Waals surface area contributed by atoms with E-state index < -0.39 is 0 Å². The molecule has 0 bridgehead atoms. The van der Waals surface area contributed by atoms with Crippen molar-refractivity contribution in [2.75, 3.05) is 0 Å². The zero-order valence-electron chi connectivity index (χ0n) is 36.0. The van der Waals surface area contributed by atoms with Crippen molar-refractivity contribution < 1.29 is 17.1 Å². The van der Waals surface area contributed by atoms with Gasteiger partial charge < -0.3 is 13.4 Å². The van der Waals surface area contributed by atoms with Gasteiger partial charge in [0.2, 0.25) is 0 Å². The fraction of sp³-hybridized carbons (Fsp3) is 0. The van der Waals surface area contributed by atoms with Gasteiger partial charge in [-0.1, -0.05) is 133 Å². The summed E-state index contributed by atoms with van der Waals surface area (Å²) < 4.78 is 67.7. The lowest BCUT2D eigenvalue weighted by Gasteiger charge is -2.11. The molecule has 12 rings (SSSR count). The largest absolute Gasteiger partial charge is 0.456 e. The van der Waals surface area contributed by atoms with E-state index in [1.807, 2.05) is 133 Å². The molecule has 57 heavy (non-hydrogen) atoms. The first-order valence-electron chi connectivity index (χ1n) is 21.5. The van der Waals surface area contributed by atoms with Crippen molar-refractivity contribution in [2.45, 2.75) is 0 Å². The fourth-order valence-corrected chi connectivity index (χ4v) is 8.04. The van der Waals surface area contributed by atoms with Crippen LogP contribution in [0.2, 0.25) is 0 Å². The normalized spacial score (nSPS) is 13.3. The average molecular weight is 737 g/mol. The number of aromatic nitrogens is 4. The highest BCUT2D eigenvalue weighted by Crippen LogP contribution is 2.42. The monoisotopic (exact) mass is 736 g/mol. The lowest BCUT2D eigenvalue weighted by molar-refractivity contribution is 0.669. The van der Waals surface area contributed by atoms with Crippen LogP contribution in [0.3, 0.4) is 0 Å². The quantitative estimate of drug-likeness (QED) is 0.176. The molecular formula is C51H30N4O2. The average Bonchev–Trinajstić information content (AvgIpc) is 4.01. The van der Waals surface area contributed by atoms with E-state index in [9.17, 15) is 0 Å². The van der Waals surface area contributed by atoms with Gasteiger partial charge in [-0.05, 0) is 54.0 Å². The lowest BCUT2D eigenvalue weighted by atomic mass is 10.0. The molecule has 266 valence electrons. The zero-order chi connectivity index (χ0) is 42.7. The third-order valence-electron chi connectivity index (χ3n) is 10.6. The van der Waals surface area contributed by atoms with Gasteiger partial charge in [0.25, 0.3) is 0 Å². The predicted octanol–water partition coefficient (Wildman–Crippen LogP) is 13.4. The van der Waals surface area contributed by atoms with Gasteiger partial charge in [-0.25, -0.2) is 15.0 Å². The Kier molecular flexibility index (Phi) is 5.64. The molecule has 0 saturated heterocycles. The molecule has 6 heteroatoms. The molecule has 6 nitrogen and oxygen atoms in total. The van der Waals surface area contributed by atoms with Crippen molar-refractivity contribution in [1.82, 2.24) is 19.5 Å². The van der Waals surface area contributed by atoms with Gasteiger partial charge in [0, 0.05) is 60.3 Å². The van der Waals surface area contributed by atoms with Crippen LogP contribution in [-0.4, -0.2) is 19.5 Å². The molecule has 0 unspecified atom stereocenters. The highest BCUT2D eigenvalue weighted by molar-refractivity contribution is 6.14. The Hall–Kier alpha value is -7.83. The van der Waals surface area contributed by atoms with Crippen LogP contribution in [0.15, 0.2) is 191 Å². The molecule has 0 radical (unpaired) electrons. The number of benzene rings is 8. The summed E-state index contributed by atoms with van der Waals surface area (Å²) in [6.45, 7) is 0. The number of hydrogen-bond acceptors (Lipinski definition) is 5. The molecule has 0 N–H and O–H groups in total. The van der Waals surface area contributed by atoms with Crippen molar-refractivity contribution in [3.05, 3.63) is 182 Å². The summed E-state index contributed by atoms with van der Waals surface area (Å²) in [4.78, 5) is 15.2. The molecule has 0 aliphatic heterocycles. The van der Waals surface area contributed by atoms with Gasteiger partial charge in [-0.15, -0.1) is 0 Å². The van der Waals surface area contributed by atoms with E-state index in [4.69, 9.17) is 32.0 Å². The summed E-state index contributed by atoms with van der Waals surface area (Å²) in [7, 11) is 0. The highest BCUT2D eigenvalue weighted by atomic mass is 16.3.